The summed E-state index contributed by atoms with van der Waals surface area (Å²) in [6.45, 7) is 3.61. The maximum atomic E-state index is 8.67. The van der Waals surface area contributed by atoms with E-state index in [1.54, 1.807) is 13.0 Å². The van der Waals surface area contributed by atoms with E-state index in [1.165, 1.54) is 0 Å². The van der Waals surface area contributed by atoms with E-state index in [2.05, 4.69) is 5.16 Å². The van der Waals surface area contributed by atoms with E-state index >= 15 is 0 Å². The molecule has 0 radical (unpaired) electrons. The Balaban J connectivity index is 2.48. The highest BCUT2D eigenvalue weighted by atomic mass is 35.5. The number of hydrogen-bond acceptors (Lipinski definition) is 3. The van der Waals surface area contributed by atoms with Gasteiger partial charge < -0.3 is 9.62 Å². The minimum atomic E-state index is 0.441. The number of rotatable bonds is 2. The van der Waals surface area contributed by atoms with E-state index in [4.69, 9.17) is 21.2 Å². The zero-order valence-corrected chi connectivity index (χ0v) is 10.3. The van der Waals surface area contributed by atoms with Crippen LogP contribution in [0, 0.1) is 6.92 Å². The fourth-order valence-corrected chi connectivity index (χ4v) is 1.78. The van der Waals surface area contributed by atoms with E-state index in [9.17, 15) is 0 Å². The van der Waals surface area contributed by atoms with Crippen molar-refractivity contribution in [2.45, 2.75) is 13.8 Å². The van der Waals surface area contributed by atoms with Crippen LogP contribution in [0.1, 0.15) is 18.2 Å². The quantitative estimate of drug-likeness (QED) is 0.495. The number of hydrogen-bond donors (Lipinski definition) is 1. The van der Waals surface area contributed by atoms with Crippen LogP contribution in [-0.4, -0.2) is 10.9 Å². The lowest BCUT2D eigenvalue weighted by Crippen LogP contribution is -1.90. The first kappa shape index (κ1) is 11.7. The van der Waals surface area contributed by atoms with Crippen molar-refractivity contribution in [3.05, 3.63) is 46.7 Å². The Kier molecular flexibility index (Phi) is 3.20. The van der Waals surface area contributed by atoms with E-state index in [0.29, 0.717) is 22.3 Å². The Bertz CT molecular complexity index is 573. The molecule has 0 saturated carbocycles. The summed E-state index contributed by atoms with van der Waals surface area (Å²) >= 11 is 6.05. The molecule has 0 aliphatic rings. The van der Waals surface area contributed by atoms with E-state index in [-0.39, 0.29) is 0 Å². The van der Waals surface area contributed by atoms with E-state index in [1.807, 2.05) is 31.2 Å². The van der Waals surface area contributed by atoms with Crippen molar-refractivity contribution in [1.29, 1.82) is 0 Å². The third-order valence-corrected chi connectivity index (χ3v) is 3.06. The van der Waals surface area contributed by atoms with Gasteiger partial charge in [0.15, 0.2) is 5.76 Å². The largest absolute Gasteiger partial charge is 0.455 e. The molecule has 0 spiro atoms. The van der Waals surface area contributed by atoms with Crippen LogP contribution in [-0.2, 0) is 0 Å². The van der Waals surface area contributed by atoms with Gasteiger partial charge in [-0.15, -0.1) is 0 Å². The molecule has 88 valence electrons. The van der Waals surface area contributed by atoms with Gasteiger partial charge in [-0.3, -0.25) is 0 Å². The summed E-state index contributed by atoms with van der Waals surface area (Å²) in [5, 5.41) is 12.5. The minimum absolute atomic E-state index is 0.441. The Morgan fingerprint density at radius 2 is 2.06 bits per heavy atom. The molecule has 0 amide bonds. The zero-order valence-electron chi connectivity index (χ0n) is 9.57. The maximum absolute atomic E-state index is 8.67. The average molecular weight is 250 g/mol. The highest BCUT2D eigenvalue weighted by Crippen LogP contribution is 2.29. The number of halogens is 1. The molecule has 1 N–H and O–H groups in total. The van der Waals surface area contributed by atoms with Crippen molar-refractivity contribution < 1.29 is 9.62 Å². The van der Waals surface area contributed by atoms with Crippen LogP contribution in [0.25, 0.3) is 11.3 Å². The van der Waals surface area contributed by atoms with Crippen LogP contribution in [0.4, 0.5) is 0 Å². The van der Waals surface area contributed by atoms with Crippen LogP contribution in [0.2, 0.25) is 5.02 Å². The van der Waals surface area contributed by atoms with Crippen LogP contribution in [0.15, 0.2) is 39.9 Å². The van der Waals surface area contributed by atoms with Crippen LogP contribution in [0.5, 0.6) is 0 Å². The van der Waals surface area contributed by atoms with Gasteiger partial charge >= 0.3 is 0 Å². The summed E-state index contributed by atoms with van der Waals surface area (Å²) < 4.78 is 5.61. The fourth-order valence-electron chi connectivity index (χ4n) is 1.60. The molecule has 0 fully saturated rings. The van der Waals surface area contributed by atoms with Gasteiger partial charge in [0, 0.05) is 10.6 Å². The fraction of sp³-hybridized carbons (Fsp3) is 0.154. The normalized spacial score (nSPS) is 11.8. The van der Waals surface area contributed by atoms with Crippen molar-refractivity contribution in [3.63, 3.8) is 0 Å². The summed E-state index contributed by atoms with van der Waals surface area (Å²) in [6.07, 6.45) is 0. The SMILES string of the molecule is C/C(=N\O)c1ccc(-c2cccc(Cl)c2C)o1. The van der Waals surface area contributed by atoms with Gasteiger partial charge in [-0.1, -0.05) is 28.9 Å². The number of nitrogens with zero attached hydrogens (tertiary/aromatic N) is 1. The van der Waals surface area contributed by atoms with Crippen molar-refractivity contribution >= 4 is 17.3 Å². The van der Waals surface area contributed by atoms with Gasteiger partial charge in [0.2, 0.25) is 0 Å². The Morgan fingerprint density at radius 3 is 2.76 bits per heavy atom. The molecule has 2 aromatic rings. The second kappa shape index (κ2) is 4.63. The molecule has 1 aromatic carbocycles. The van der Waals surface area contributed by atoms with Crippen molar-refractivity contribution in [3.8, 4) is 11.3 Å². The van der Waals surface area contributed by atoms with Gasteiger partial charge in [0.05, 0.1) is 0 Å². The molecule has 0 saturated heterocycles. The molecule has 0 aliphatic heterocycles. The first-order valence-electron chi connectivity index (χ1n) is 5.18. The third-order valence-electron chi connectivity index (χ3n) is 2.65. The first-order valence-corrected chi connectivity index (χ1v) is 5.55. The molecule has 1 heterocycles. The highest BCUT2D eigenvalue weighted by Gasteiger charge is 2.10. The number of benzene rings is 1. The highest BCUT2D eigenvalue weighted by molar-refractivity contribution is 6.31. The molecule has 1 aromatic heterocycles. The Morgan fingerprint density at radius 1 is 1.29 bits per heavy atom. The molecule has 0 unspecified atom stereocenters. The van der Waals surface area contributed by atoms with Crippen molar-refractivity contribution in [2.75, 3.05) is 0 Å². The molecule has 0 atom stereocenters. The molecule has 4 heteroatoms. The molecular weight excluding hydrogens is 238 g/mol. The predicted molar refractivity (Wildman–Crippen MR) is 67.9 cm³/mol. The summed E-state index contributed by atoms with van der Waals surface area (Å²) in [4.78, 5) is 0. The lowest BCUT2D eigenvalue weighted by molar-refractivity contribution is 0.317. The average Bonchev–Trinajstić information content (AvgIpc) is 2.81. The zero-order chi connectivity index (χ0) is 12.4. The van der Waals surface area contributed by atoms with Gasteiger partial charge in [0.1, 0.15) is 11.5 Å². The Labute approximate surface area is 104 Å². The van der Waals surface area contributed by atoms with Crippen LogP contribution >= 0.6 is 11.6 Å². The standard InChI is InChI=1S/C13H12ClNO2/c1-8-10(4-3-5-11(8)14)13-7-6-12(17-13)9(2)15-16/h3-7,16H,1-2H3/b15-9+. The van der Waals surface area contributed by atoms with Gasteiger partial charge in [-0.25, -0.2) is 0 Å². The lowest BCUT2D eigenvalue weighted by Gasteiger charge is -2.04. The van der Waals surface area contributed by atoms with Crippen molar-refractivity contribution in [1.82, 2.24) is 0 Å². The summed E-state index contributed by atoms with van der Waals surface area (Å²) in [5.74, 6) is 1.25. The summed E-state index contributed by atoms with van der Waals surface area (Å²) in [5.41, 5.74) is 2.35. The second-order valence-corrected chi connectivity index (χ2v) is 4.17. The third kappa shape index (κ3) is 2.19. The molecule has 0 aliphatic carbocycles. The molecule has 2 rings (SSSR count). The van der Waals surface area contributed by atoms with Gasteiger partial charge in [-0.2, -0.15) is 0 Å². The van der Waals surface area contributed by atoms with Crippen LogP contribution < -0.4 is 0 Å². The number of oxime groups is 1. The summed E-state index contributed by atoms with van der Waals surface area (Å²) in [6, 6.07) is 9.26. The Hall–Kier alpha value is -1.74. The van der Waals surface area contributed by atoms with Crippen molar-refractivity contribution in [2.24, 2.45) is 5.16 Å². The second-order valence-electron chi connectivity index (χ2n) is 3.76. The van der Waals surface area contributed by atoms with Crippen LogP contribution in [0.3, 0.4) is 0 Å². The minimum Gasteiger partial charge on any atom is -0.455 e. The van der Waals surface area contributed by atoms with E-state index < -0.39 is 0 Å². The van der Waals surface area contributed by atoms with Gasteiger partial charge in [-0.05, 0) is 37.6 Å². The van der Waals surface area contributed by atoms with Gasteiger partial charge in [0.25, 0.3) is 0 Å². The molecular formula is C13H12ClNO2. The predicted octanol–water partition coefficient (Wildman–Crippen LogP) is 4.11. The smallest absolute Gasteiger partial charge is 0.152 e. The first-order chi connectivity index (χ1) is 8.13. The van der Waals surface area contributed by atoms with E-state index in [0.717, 1.165) is 11.1 Å². The number of furan rings is 1. The monoisotopic (exact) mass is 249 g/mol. The lowest BCUT2D eigenvalue weighted by atomic mass is 10.1. The molecule has 17 heavy (non-hydrogen) atoms. The summed E-state index contributed by atoms with van der Waals surface area (Å²) in [7, 11) is 0. The topological polar surface area (TPSA) is 45.7 Å². The molecule has 3 nitrogen and oxygen atoms in total. The maximum Gasteiger partial charge on any atom is 0.152 e. The molecule has 0 bridgehead atoms.